The number of amides is 1. The summed E-state index contributed by atoms with van der Waals surface area (Å²) in [5.74, 6) is -2.11. The summed E-state index contributed by atoms with van der Waals surface area (Å²) in [6, 6.07) is 5.48. The average molecular weight is 405 g/mol. The lowest BCUT2D eigenvalue weighted by atomic mass is 9.78. The fourth-order valence-electron chi connectivity index (χ4n) is 2.56. The van der Waals surface area contributed by atoms with Crippen LogP contribution in [0, 0.1) is 11.8 Å². The molecular formula is C14H15Br2NO3. The lowest BCUT2D eigenvalue weighted by Crippen LogP contribution is -2.36. The monoisotopic (exact) mass is 403 g/mol. The molecule has 0 aliphatic heterocycles. The zero-order chi connectivity index (χ0) is 14.7. The van der Waals surface area contributed by atoms with Crippen LogP contribution in [-0.4, -0.2) is 17.0 Å². The summed E-state index contributed by atoms with van der Waals surface area (Å²) in [6.07, 6.45) is 2.99. The minimum absolute atomic E-state index is 0.212. The summed E-state index contributed by atoms with van der Waals surface area (Å²) in [4.78, 5) is 23.6. The number of anilines is 1. The normalized spacial score (nSPS) is 22.3. The van der Waals surface area contributed by atoms with Crippen molar-refractivity contribution in [2.75, 3.05) is 5.32 Å². The van der Waals surface area contributed by atoms with Gasteiger partial charge in [0.2, 0.25) is 5.91 Å². The molecule has 4 nitrogen and oxygen atoms in total. The summed E-state index contributed by atoms with van der Waals surface area (Å²) in [5, 5.41) is 12.1. The van der Waals surface area contributed by atoms with E-state index in [-0.39, 0.29) is 5.91 Å². The number of carboxylic acids is 1. The molecule has 1 amide bonds. The van der Waals surface area contributed by atoms with Gasteiger partial charge in [-0.25, -0.2) is 0 Å². The molecule has 108 valence electrons. The maximum atomic E-state index is 12.3. The molecule has 1 aromatic rings. The van der Waals surface area contributed by atoms with E-state index in [2.05, 4.69) is 37.2 Å². The van der Waals surface area contributed by atoms with E-state index in [4.69, 9.17) is 0 Å². The Morgan fingerprint density at radius 3 is 2.45 bits per heavy atom. The Kier molecular flexibility index (Phi) is 5.21. The predicted octanol–water partition coefficient (Wildman–Crippen LogP) is 4.04. The van der Waals surface area contributed by atoms with Crippen LogP contribution in [0.15, 0.2) is 27.1 Å². The summed E-state index contributed by atoms with van der Waals surface area (Å²) < 4.78 is 1.63. The minimum atomic E-state index is -0.877. The first-order chi connectivity index (χ1) is 9.49. The number of rotatable bonds is 3. The van der Waals surface area contributed by atoms with Crippen molar-refractivity contribution in [2.24, 2.45) is 11.8 Å². The van der Waals surface area contributed by atoms with Crippen molar-refractivity contribution in [1.29, 1.82) is 0 Å². The van der Waals surface area contributed by atoms with Crippen LogP contribution in [0.25, 0.3) is 0 Å². The number of carboxylic acid groups (broad SMARTS) is 1. The third-order valence-corrected chi connectivity index (χ3v) is 4.79. The van der Waals surface area contributed by atoms with Gasteiger partial charge in [-0.05, 0) is 47.0 Å². The molecule has 0 bridgehead atoms. The summed E-state index contributed by atoms with van der Waals surface area (Å²) in [5.41, 5.74) is 0.652. The Morgan fingerprint density at radius 1 is 1.15 bits per heavy atom. The zero-order valence-corrected chi connectivity index (χ0v) is 13.9. The van der Waals surface area contributed by atoms with E-state index in [0.29, 0.717) is 18.5 Å². The number of aliphatic carboxylic acids is 1. The molecule has 1 aliphatic carbocycles. The van der Waals surface area contributed by atoms with E-state index in [0.717, 1.165) is 21.8 Å². The Hall–Kier alpha value is -0.880. The molecule has 0 spiro atoms. The van der Waals surface area contributed by atoms with E-state index in [1.165, 1.54) is 0 Å². The number of nitrogens with one attached hydrogen (secondary N) is 1. The summed E-state index contributed by atoms with van der Waals surface area (Å²) in [6.45, 7) is 0. The van der Waals surface area contributed by atoms with Crippen LogP contribution in [-0.2, 0) is 9.59 Å². The van der Waals surface area contributed by atoms with Crippen LogP contribution >= 0.6 is 31.9 Å². The first kappa shape index (κ1) is 15.5. The summed E-state index contributed by atoms with van der Waals surface area (Å²) in [7, 11) is 0. The first-order valence-electron chi connectivity index (χ1n) is 6.48. The Balaban J connectivity index is 2.14. The highest BCUT2D eigenvalue weighted by atomic mass is 79.9. The van der Waals surface area contributed by atoms with Crippen molar-refractivity contribution < 1.29 is 14.7 Å². The van der Waals surface area contributed by atoms with Crippen LogP contribution in [0.1, 0.15) is 25.7 Å². The molecule has 1 aliphatic rings. The van der Waals surface area contributed by atoms with E-state index in [1.54, 1.807) is 6.07 Å². The van der Waals surface area contributed by atoms with Crippen molar-refractivity contribution >= 4 is 49.4 Å². The highest BCUT2D eigenvalue weighted by molar-refractivity contribution is 9.11. The lowest BCUT2D eigenvalue weighted by molar-refractivity contribution is -0.147. The molecule has 1 saturated carbocycles. The molecule has 2 N–H and O–H groups in total. The molecule has 0 unspecified atom stereocenters. The predicted molar refractivity (Wildman–Crippen MR) is 83.6 cm³/mol. The maximum absolute atomic E-state index is 12.3. The van der Waals surface area contributed by atoms with Gasteiger partial charge in [0.25, 0.3) is 0 Å². The van der Waals surface area contributed by atoms with E-state index in [9.17, 15) is 14.7 Å². The molecule has 20 heavy (non-hydrogen) atoms. The fourth-order valence-corrected chi connectivity index (χ4v) is 3.27. The van der Waals surface area contributed by atoms with Crippen LogP contribution in [0.5, 0.6) is 0 Å². The second-order valence-corrected chi connectivity index (χ2v) is 6.72. The Morgan fingerprint density at radius 2 is 1.80 bits per heavy atom. The quantitative estimate of drug-likeness (QED) is 0.798. The number of hydrogen-bond donors (Lipinski definition) is 2. The van der Waals surface area contributed by atoms with Crippen molar-refractivity contribution in [2.45, 2.75) is 25.7 Å². The van der Waals surface area contributed by atoms with Gasteiger partial charge in [-0.1, -0.05) is 28.8 Å². The van der Waals surface area contributed by atoms with Crippen LogP contribution in [0.4, 0.5) is 5.69 Å². The SMILES string of the molecule is O=C(O)[C@H]1CCCC[C@H]1C(=O)Nc1cc(Br)ccc1Br. The highest BCUT2D eigenvalue weighted by Crippen LogP contribution is 2.33. The number of carbonyl (C=O) groups is 2. The number of hydrogen-bond acceptors (Lipinski definition) is 2. The third kappa shape index (κ3) is 3.61. The Bertz CT molecular complexity index is 533. The third-order valence-electron chi connectivity index (χ3n) is 3.61. The van der Waals surface area contributed by atoms with Gasteiger partial charge >= 0.3 is 5.97 Å². The number of carbonyl (C=O) groups excluding carboxylic acids is 1. The molecule has 2 atom stereocenters. The fraction of sp³-hybridized carbons (Fsp3) is 0.429. The van der Waals surface area contributed by atoms with Crippen molar-refractivity contribution in [1.82, 2.24) is 0 Å². The van der Waals surface area contributed by atoms with Gasteiger partial charge in [0.05, 0.1) is 17.5 Å². The molecule has 2 rings (SSSR count). The molecular weight excluding hydrogens is 390 g/mol. The van der Waals surface area contributed by atoms with Gasteiger partial charge < -0.3 is 10.4 Å². The molecule has 0 aromatic heterocycles. The topological polar surface area (TPSA) is 66.4 Å². The highest BCUT2D eigenvalue weighted by Gasteiger charge is 2.35. The van der Waals surface area contributed by atoms with Crippen LogP contribution in [0.3, 0.4) is 0 Å². The summed E-state index contributed by atoms with van der Waals surface area (Å²) >= 11 is 6.73. The molecule has 1 fully saturated rings. The minimum Gasteiger partial charge on any atom is -0.481 e. The maximum Gasteiger partial charge on any atom is 0.307 e. The smallest absolute Gasteiger partial charge is 0.307 e. The molecule has 0 saturated heterocycles. The molecule has 6 heteroatoms. The van der Waals surface area contributed by atoms with Crippen molar-refractivity contribution in [3.63, 3.8) is 0 Å². The van der Waals surface area contributed by atoms with Gasteiger partial charge in [-0.3, -0.25) is 9.59 Å². The van der Waals surface area contributed by atoms with Crippen molar-refractivity contribution in [3.05, 3.63) is 27.1 Å². The molecule has 0 radical (unpaired) electrons. The van der Waals surface area contributed by atoms with Gasteiger partial charge in [-0.15, -0.1) is 0 Å². The van der Waals surface area contributed by atoms with E-state index < -0.39 is 17.8 Å². The molecule has 1 aromatic carbocycles. The van der Waals surface area contributed by atoms with Crippen LogP contribution in [0.2, 0.25) is 0 Å². The van der Waals surface area contributed by atoms with Gasteiger partial charge in [0.15, 0.2) is 0 Å². The zero-order valence-electron chi connectivity index (χ0n) is 10.7. The van der Waals surface area contributed by atoms with E-state index >= 15 is 0 Å². The number of benzene rings is 1. The first-order valence-corrected chi connectivity index (χ1v) is 8.06. The van der Waals surface area contributed by atoms with E-state index in [1.807, 2.05) is 12.1 Å². The second-order valence-electron chi connectivity index (χ2n) is 4.95. The second kappa shape index (κ2) is 6.72. The Labute approximate surface area is 134 Å². The van der Waals surface area contributed by atoms with Gasteiger partial charge in [0.1, 0.15) is 0 Å². The standard InChI is InChI=1S/C14H15Br2NO3/c15-8-5-6-11(16)12(7-8)17-13(18)9-3-1-2-4-10(9)14(19)20/h5-7,9-10H,1-4H2,(H,17,18)(H,19,20)/t9-,10+/m1/s1. The van der Waals surface area contributed by atoms with Crippen LogP contribution < -0.4 is 5.32 Å². The largest absolute Gasteiger partial charge is 0.481 e. The van der Waals surface area contributed by atoms with Crippen molar-refractivity contribution in [3.8, 4) is 0 Å². The van der Waals surface area contributed by atoms with Gasteiger partial charge in [-0.2, -0.15) is 0 Å². The molecule has 0 heterocycles. The average Bonchev–Trinajstić information content (AvgIpc) is 2.42. The number of halogens is 2. The lowest BCUT2D eigenvalue weighted by Gasteiger charge is -2.27. The van der Waals surface area contributed by atoms with Gasteiger partial charge in [0, 0.05) is 8.95 Å².